The molecule has 0 unspecified atom stereocenters. The molecule has 2 aromatic heterocycles. The van der Waals surface area contributed by atoms with Crippen molar-refractivity contribution in [1.82, 2.24) is 15.0 Å². The normalized spacial score (nSPS) is 10.9. The molecule has 4 aromatic rings. The summed E-state index contributed by atoms with van der Waals surface area (Å²) < 4.78 is 5.28. The smallest absolute Gasteiger partial charge is 0.271 e. The number of nitrogens with zero attached hydrogens (tertiary/aromatic N) is 3. The molecule has 27 heavy (non-hydrogen) atoms. The van der Waals surface area contributed by atoms with Gasteiger partial charge in [-0.3, -0.25) is 15.1 Å². The fourth-order valence-electron chi connectivity index (χ4n) is 2.69. The predicted molar refractivity (Wildman–Crippen MR) is 103 cm³/mol. The fourth-order valence-corrected chi connectivity index (χ4v) is 3.64. The zero-order chi connectivity index (χ0) is 18.8. The first-order chi connectivity index (χ1) is 13.1. The van der Waals surface area contributed by atoms with Gasteiger partial charge in [-0.15, -0.1) is 0 Å². The van der Waals surface area contributed by atoms with Gasteiger partial charge in [0.2, 0.25) is 0 Å². The summed E-state index contributed by atoms with van der Waals surface area (Å²) in [7, 11) is 1.62. The molecule has 0 atom stereocenters. The second-order valence-corrected chi connectivity index (χ2v) is 6.71. The Morgan fingerprint density at radius 3 is 2.81 bits per heavy atom. The van der Waals surface area contributed by atoms with E-state index in [1.165, 1.54) is 23.9 Å². The monoisotopic (exact) mass is 378 g/mol. The molecule has 4 rings (SSSR count). The van der Waals surface area contributed by atoms with Gasteiger partial charge in [0.25, 0.3) is 5.69 Å². The molecule has 134 valence electrons. The quantitative estimate of drug-likeness (QED) is 0.400. The van der Waals surface area contributed by atoms with E-state index < -0.39 is 4.92 Å². The maximum absolute atomic E-state index is 10.9. The molecule has 0 spiro atoms. The Balaban J connectivity index is 1.71. The van der Waals surface area contributed by atoms with E-state index in [0.29, 0.717) is 16.2 Å². The Hall–Kier alpha value is -3.39. The second kappa shape index (κ2) is 7.08. The number of hydrogen-bond donors (Lipinski definition) is 1. The maximum atomic E-state index is 10.9. The minimum atomic E-state index is -0.420. The number of ether oxygens (including phenoxy) is 1. The molecule has 0 bridgehead atoms. The van der Waals surface area contributed by atoms with Gasteiger partial charge in [-0.1, -0.05) is 30.0 Å². The van der Waals surface area contributed by atoms with Crippen molar-refractivity contribution >= 4 is 28.5 Å². The van der Waals surface area contributed by atoms with E-state index in [0.717, 1.165) is 21.9 Å². The van der Waals surface area contributed by atoms with Gasteiger partial charge in [-0.2, -0.15) is 0 Å². The number of nitro groups is 1. The van der Waals surface area contributed by atoms with Crippen molar-refractivity contribution in [1.29, 1.82) is 0 Å². The minimum absolute atomic E-state index is 0.0312. The lowest BCUT2D eigenvalue weighted by molar-refractivity contribution is -0.384. The van der Waals surface area contributed by atoms with Gasteiger partial charge in [-0.25, -0.2) is 4.98 Å². The molecule has 8 heteroatoms. The van der Waals surface area contributed by atoms with Crippen molar-refractivity contribution in [2.75, 3.05) is 7.11 Å². The Kier molecular flexibility index (Phi) is 4.47. The number of imidazole rings is 1. The molecule has 2 aromatic carbocycles. The highest BCUT2D eigenvalue weighted by Crippen LogP contribution is 2.35. The van der Waals surface area contributed by atoms with Crippen LogP contribution in [0, 0.1) is 10.1 Å². The van der Waals surface area contributed by atoms with Crippen LogP contribution in [0.1, 0.15) is 0 Å². The highest BCUT2D eigenvalue weighted by atomic mass is 32.2. The zero-order valence-electron chi connectivity index (χ0n) is 14.2. The van der Waals surface area contributed by atoms with Crippen molar-refractivity contribution in [2.24, 2.45) is 0 Å². The first-order valence-electron chi connectivity index (χ1n) is 8.05. The summed E-state index contributed by atoms with van der Waals surface area (Å²) in [6.07, 6.45) is 1.70. The summed E-state index contributed by atoms with van der Waals surface area (Å²) in [6, 6.07) is 16.1. The van der Waals surface area contributed by atoms with Crippen molar-refractivity contribution in [3.8, 4) is 17.0 Å². The number of hydrogen-bond acceptors (Lipinski definition) is 6. The van der Waals surface area contributed by atoms with Crippen LogP contribution in [0.5, 0.6) is 5.75 Å². The van der Waals surface area contributed by atoms with Gasteiger partial charge in [0.1, 0.15) is 5.75 Å². The number of nitrogens with one attached hydrogen (secondary N) is 1. The SMILES string of the molecule is COc1ccnc(-c2ccccc2Sc2nc3ccc([N+](=O)[O-])cc3[nH]2)c1. The maximum Gasteiger partial charge on any atom is 0.271 e. The van der Waals surface area contributed by atoms with E-state index in [1.54, 1.807) is 25.4 Å². The zero-order valence-corrected chi connectivity index (χ0v) is 15.1. The summed E-state index contributed by atoms with van der Waals surface area (Å²) >= 11 is 1.45. The third-order valence-electron chi connectivity index (χ3n) is 3.99. The summed E-state index contributed by atoms with van der Waals surface area (Å²) in [5.74, 6) is 0.732. The molecule has 0 fully saturated rings. The molecule has 1 N–H and O–H groups in total. The fraction of sp³-hybridized carbons (Fsp3) is 0.0526. The summed E-state index contributed by atoms with van der Waals surface area (Å²) in [4.78, 5) is 23.6. The molecular formula is C19H14N4O3S. The third kappa shape index (κ3) is 3.47. The molecule has 0 aliphatic heterocycles. The summed E-state index contributed by atoms with van der Waals surface area (Å²) in [5.41, 5.74) is 3.09. The van der Waals surface area contributed by atoms with E-state index >= 15 is 0 Å². The van der Waals surface area contributed by atoms with E-state index in [-0.39, 0.29) is 5.69 Å². The van der Waals surface area contributed by atoms with E-state index in [2.05, 4.69) is 15.0 Å². The Labute approximate surface area is 158 Å². The van der Waals surface area contributed by atoms with Crippen molar-refractivity contribution in [3.63, 3.8) is 0 Å². The number of H-pyrrole nitrogens is 1. The van der Waals surface area contributed by atoms with Gasteiger partial charge >= 0.3 is 0 Å². The molecule has 0 saturated carbocycles. The van der Waals surface area contributed by atoms with E-state index in [1.807, 2.05) is 30.3 Å². The lowest BCUT2D eigenvalue weighted by Gasteiger charge is -2.08. The number of nitro benzene ring substituents is 1. The Bertz CT molecular complexity index is 1140. The number of aromatic nitrogens is 3. The first-order valence-corrected chi connectivity index (χ1v) is 8.87. The Morgan fingerprint density at radius 2 is 2.00 bits per heavy atom. The van der Waals surface area contributed by atoms with Gasteiger partial charge < -0.3 is 9.72 Å². The van der Waals surface area contributed by atoms with Crippen LogP contribution < -0.4 is 4.74 Å². The van der Waals surface area contributed by atoms with Crippen molar-refractivity contribution in [3.05, 3.63) is 70.9 Å². The number of pyridine rings is 1. The van der Waals surface area contributed by atoms with Gasteiger partial charge in [-0.05, 0) is 18.2 Å². The third-order valence-corrected chi connectivity index (χ3v) is 4.95. The van der Waals surface area contributed by atoms with Gasteiger partial charge in [0.15, 0.2) is 5.16 Å². The summed E-state index contributed by atoms with van der Waals surface area (Å²) in [6.45, 7) is 0. The number of fused-ring (bicyclic) bond motifs is 1. The minimum Gasteiger partial charge on any atom is -0.497 e. The number of methoxy groups -OCH3 is 1. The highest BCUT2D eigenvalue weighted by Gasteiger charge is 2.13. The van der Waals surface area contributed by atoms with Crippen LogP contribution >= 0.6 is 11.8 Å². The number of aromatic amines is 1. The standard InChI is InChI=1S/C19H14N4O3S/c1-26-13-8-9-20-16(11-13)14-4-2-3-5-18(14)27-19-21-15-7-6-12(23(24)25)10-17(15)22-19/h2-11H,1H3,(H,21,22). The van der Waals surface area contributed by atoms with E-state index in [9.17, 15) is 10.1 Å². The number of benzene rings is 2. The topological polar surface area (TPSA) is 93.9 Å². The molecule has 0 saturated heterocycles. The molecule has 0 amide bonds. The van der Waals surface area contributed by atoms with Crippen LogP contribution in [0.15, 0.2) is 70.8 Å². The van der Waals surface area contributed by atoms with Gasteiger partial charge in [0.05, 0.1) is 28.8 Å². The van der Waals surface area contributed by atoms with Crippen LogP contribution in [0.4, 0.5) is 5.69 Å². The van der Waals surface area contributed by atoms with Crippen LogP contribution in [-0.4, -0.2) is 27.0 Å². The first kappa shape index (κ1) is 17.0. The predicted octanol–water partition coefficient (Wildman–Crippen LogP) is 4.69. The average molecular weight is 378 g/mol. The number of rotatable bonds is 5. The molecule has 0 aliphatic carbocycles. The van der Waals surface area contributed by atoms with E-state index in [4.69, 9.17) is 4.74 Å². The van der Waals surface area contributed by atoms with Gasteiger partial charge in [0, 0.05) is 34.9 Å². The molecule has 0 aliphatic rings. The lowest BCUT2D eigenvalue weighted by Crippen LogP contribution is -1.89. The molecule has 7 nitrogen and oxygen atoms in total. The summed E-state index contributed by atoms with van der Waals surface area (Å²) in [5, 5.41) is 11.6. The van der Waals surface area contributed by atoms with Crippen LogP contribution in [0.25, 0.3) is 22.3 Å². The lowest BCUT2D eigenvalue weighted by atomic mass is 10.1. The molecule has 2 heterocycles. The van der Waals surface area contributed by atoms with Crippen molar-refractivity contribution in [2.45, 2.75) is 10.1 Å². The van der Waals surface area contributed by atoms with Crippen LogP contribution in [0.3, 0.4) is 0 Å². The second-order valence-electron chi connectivity index (χ2n) is 5.68. The van der Waals surface area contributed by atoms with Crippen LogP contribution in [0.2, 0.25) is 0 Å². The van der Waals surface area contributed by atoms with Crippen LogP contribution in [-0.2, 0) is 0 Å². The highest BCUT2D eigenvalue weighted by molar-refractivity contribution is 7.99. The van der Waals surface area contributed by atoms with Crippen molar-refractivity contribution < 1.29 is 9.66 Å². The largest absolute Gasteiger partial charge is 0.497 e. The number of non-ortho nitro benzene ring substituents is 1. The Morgan fingerprint density at radius 1 is 1.15 bits per heavy atom. The molecular weight excluding hydrogens is 364 g/mol. The molecule has 0 radical (unpaired) electrons. The average Bonchev–Trinajstić information content (AvgIpc) is 3.09.